The van der Waals surface area contributed by atoms with Crippen LogP contribution in [0, 0.1) is 10.1 Å². The van der Waals surface area contributed by atoms with E-state index in [1.54, 1.807) is 17.1 Å². The summed E-state index contributed by atoms with van der Waals surface area (Å²) in [5.74, 6) is 5.91. The van der Waals surface area contributed by atoms with Crippen LogP contribution < -0.4 is 5.84 Å². The van der Waals surface area contributed by atoms with Crippen LogP contribution in [0.15, 0.2) is 48.3 Å². The van der Waals surface area contributed by atoms with Crippen molar-refractivity contribution in [3.05, 3.63) is 64.0 Å². The number of rotatable bonds is 3. The minimum atomic E-state index is -0.393. The predicted molar refractivity (Wildman–Crippen MR) is 69.4 cm³/mol. The average molecular weight is 245 g/mol. The molecule has 1 aliphatic heterocycles. The molecule has 2 rings (SSSR count). The molecule has 0 aromatic heterocycles. The third-order valence-electron chi connectivity index (χ3n) is 3.01. The van der Waals surface area contributed by atoms with Gasteiger partial charge < -0.3 is 0 Å². The predicted octanol–water partition coefficient (Wildman–Crippen LogP) is 2.68. The summed E-state index contributed by atoms with van der Waals surface area (Å²) in [6.45, 7) is 2.04. The molecule has 0 spiro atoms. The van der Waals surface area contributed by atoms with Gasteiger partial charge in [-0.1, -0.05) is 31.2 Å². The molecule has 18 heavy (non-hydrogen) atoms. The van der Waals surface area contributed by atoms with Gasteiger partial charge in [0.1, 0.15) is 0 Å². The molecule has 0 amide bonds. The van der Waals surface area contributed by atoms with Gasteiger partial charge in [-0.25, -0.2) is 5.84 Å². The summed E-state index contributed by atoms with van der Waals surface area (Å²) in [7, 11) is 0. The monoisotopic (exact) mass is 245 g/mol. The first kappa shape index (κ1) is 12.3. The number of hydrogen-bond acceptors (Lipinski definition) is 4. The zero-order valence-electron chi connectivity index (χ0n) is 10.1. The van der Waals surface area contributed by atoms with Crippen LogP contribution in [-0.2, 0) is 0 Å². The second-order valence-electron chi connectivity index (χ2n) is 4.13. The molecule has 1 unspecified atom stereocenters. The highest BCUT2D eigenvalue weighted by Crippen LogP contribution is 2.27. The second-order valence-corrected chi connectivity index (χ2v) is 4.13. The van der Waals surface area contributed by atoms with Crippen molar-refractivity contribution >= 4 is 5.69 Å². The topological polar surface area (TPSA) is 72.4 Å². The standard InChI is InChI=1S/C13H15N3O2/c1-2-12-9-11(7-8-15(12)14)10-3-5-13(6-4-10)16(17)18/h3-9,11H,2,14H2,1H3. The number of hydrazine groups is 1. The van der Waals surface area contributed by atoms with Gasteiger partial charge in [0, 0.05) is 29.9 Å². The summed E-state index contributed by atoms with van der Waals surface area (Å²) < 4.78 is 0. The van der Waals surface area contributed by atoms with Crippen molar-refractivity contribution in [2.24, 2.45) is 5.84 Å². The summed E-state index contributed by atoms with van der Waals surface area (Å²) in [6, 6.07) is 6.61. The Morgan fingerprint density at radius 2 is 2.06 bits per heavy atom. The van der Waals surface area contributed by atoms with Gasteiger partial charge in [-0.05, 0) is 12.0 Å². The lowest BCUT2D eigenvalue weighted by molar-refractivity contribution is -0.384. The number of nitro benzene ring substituents is 1. The van der Waals surface area contributed by atoms with E-state index in [-0.39, 0.29) is 11.6 Å². The van der Waals surface area contributed by atoms with Crippen LogP contribution in [-0.4, -0.2) is 9.93 Å². The Morgan fingerprint density at radius 1 is 1.39 bits per heavy atom. The molecule has 0 radical (unpaired) electrons. The lowest BCUT2D eigenvalue weighted by Crippen LogP contribution is -2.26. The fraction of sp³-hybridized carbons (Fsp3) is 0.231. The van der Waals surface area contributed by atoms with Gasteiger partial charge in [-0.2, -0.15) is 0 Å². The molecule has 0 saturated carbocycles. The lowest BCUT2D eigenvalue weighted by atomic mass is 9.95. The zero-order valence-corrected chi connectivity index (χ0v) is 10.1. The number of non-ortho nitro benzene ring substituents is 1. The van der Waals surface area contributed by atoms with Crippen LogP contribution in [0.3, 0.4) is 0 Å². The summed E-state index contributed by atoms with van der Waals surface area (Å²) >= 11 is 0. The van der Waals surface area contributed by atoms with Crippen molar-refractivity contribution in [1.29, 1.82) is 0 Å². The maximum Gasteiger partial charge on any atom is 0.269 e. The SMILES string of the molecule is CCC1=CC(c2ccc([N+](=O)[O-])cc2)C=CN1N. The Balaban J connectivity index is 2.24. The molecule has 5 heteroatoms. The first-order valence-electron chi connectivity index (χ1n) is 5.79. The van der Waals surface area contributed by atoms with E-state index in [0.717, 1.165) is 17.7 Å². The molecule has 5 nitrogen and oxygen atoms in total. The normalized spacial score (nSPS) is 18.7. The molecule has 1 aromatic carbocycles. The third kappa shape index (κ3) is 2.41. The number of nitrogens with zero attached hydrogens (tertiary/aromatic N) is 2. The van der Waals surface area contributed by atoms with E-state index in [2.05, 4.69) is 6.08 Å². The van der Waals surface area contributed by atoms with Crippen molar-refractivity contribution in [3.63, 3.8) is 0 Å². The molecular weight excluding hydrogens is 230 g/mol. The molecule has 0 bridgehead atoms. The second kappa shape index (κ2) is 5.01. The van der Waals surface area contributed by atoms with E-state index in [0.29, 0.717) is 0 Å². The minimum Gasteiger partial charge on any atom is -0.292 e. The fourth-order valence-electron chi connectivity index (χ4n) is 1.96. The van der Waals surface area contributed by atoms with Gasteiger partial charge >= 0.3 is 0 Å². The van der Waals surface area contributed by atoms with Crippen molar-refractivity contribution in [3.8, 4) is 0 Å². The number of nitrogens with two attached hydrogens (primary N) is 1. The zero-order chi connectivity index (χ0) is 13.1. The number of benzene rings is 1. The summed E-state index contributed by atoms with van der Waals surface area (Å²) in [6.07, 6.45) is 6.72. The molecule has 0 saturated heterocycles. The first-order chi connectivity index (χ1) is 8.61. The molecule has 0 fully saturated rings. The fourth-order valence-corrected chi connectivity index (χ4v) is 1.96. The minimum absolute atomic E-state index is 0.110. The number of hydrogen-bond donors (Lipinski definition) is 1. The van der Waals surface area contributed by atoms with Crippen molar-refractivity contribution < 1.29 is 4.92 Å². The summed E-state index contributed by atoms with van der Waals surface area (Å²) in [5.41, 5.74) is 2.18. The largest absolute Gasteiger partial charge is 0.292 e. The van der Waals surface area contributed by atoms with E-state index in [4.69, 9.17) is 5.84 Å². The Morgan fingerprint density at radius 3 is 2.61 bits per heavy atom. The molecule has 0 aliphatic carbocycles. The smallest absolute Gasteiger partial charge is 0.269 e. The van der Waals surface area contributed by atoms with E-state index in [1.807, 2.05) is 19.2 Å². The number of nitro groups is 1. The van der Waals surface area contributed by atoms with Crippen LogP contribution in [0.5, 0.6) is 0 Å². The molecule has 1 heterocycles. The van der Waals surface area contributed by atoms with Gasteiger partial charge in [0.15, 0.2) is 0 Å². The van der Waals surface area contributed by atoms with Crippen LogP contribution >= 0.6 is 0 Å². The Hall–Kier alpha value is -2.14. The first-order valence-corrected chi connectivity index (χ1v) is 5.79. The van der Waals surface area contributed by atoms with Crippen molar-refractivity contribution in [1.82, 2.24) is 5.01 Å². The third-order valence-corrected chi connectivity index (χ3v) is 3.01. The van der Waals surface area contributed by atoms with Gasteiger partial charge in [0.05, 0.1) is 4.92 Å². The molecule has 94 valence electrons. The highest BCUT2D eigenvalue weighted by atomic mass is 16.6. The maximum atomic E-state index is 10.6. The molecule has 1 atom stereocenters. The van der Waals surface area contributed by atoms with E-state index in [1.165, 1.54) is 12.1 Å². The lowest BCUT2D eigenvalue weighted by Gasteiger charge is -2.24. The molecule has 2 N–H and O–H groups in total. The van der Waals surface area contributed by atoms with Crippen LogP contribution in [0.4, 0.5) is 5.69 Å². The van der Waals surface area contributed by atoms with Gasteiger partial charge in [0.25, 0.3) is 5.69 Å². The summed E-state index contributed by atoms with van der Waals surface area (Å²) in [4.78, 5) is 10.2. The van der Waals surface area contributed by atoms with Crippen LogP contribution in [0.2, 0.25) is 0 Å². The molecular formula is C13H15N3O2. The average Bonchev–Trinajstić information content (AvgIpc) is 2.39. The number of allylic oxidation sites excluding steroid dienone is 3. The Labute approximate surface area is 105 Å². The van der Waals surface area contributed by atoms with Gasteiger partial charge in [-0.15, -0.1) is 0 Å². The van der Waals surface area contributed by atoms with Crippen LogP contribution in [0.25, 0.3) is 0 Å². The van der Waals surface area contributed by atoms with Crippen molar-refractivity contribution in [2.45, 2.75) is 19.3 Å². The molecule has 1 aliphatic rings. The maximum absolute atomic E-state index is 10.6. The van der Waals surface area contributed by atoms with E-state index in [9.17, 15) is 10.1 Å². The summed E-state index contributed by atoms with van der Waals surface area (Å²) in [5, 5.41) is 12.2. The van der Waals surface area contributed by atoms with E-state index < -0.39 is 4.92 Å². The Kier molecular flexibility index (Phi) is 3.43. The van der Waals surface area contributed by atoms with Gasteiger partial charge in [-0.3, -0.25) is 15.1 Å². The van der Waals surface area contributed by atoms with E-state index >= 15 is 0 Å². The quantitative estimate of drug-likeness (QED) is 0.505. The highest BCUT2D eigenvalue weighted by Gasteiger charge is 2.14. The molecule has 1 aromatic rings. The van der Waals surface area contributed by atoms with Crippen LogP contribution in [0.1, 0.15) is 24.8 Å². The highest BCUT2D eigenvalue weighted by molar-refractivity contribution is 5.39. The van der Waals surface area contributed by atoms with Crippen molar-refractivity contribution in [2.75, 3.05) is 0 Å². The Bertz CT molecular complexity index is 505. The van der Waals surface area contributed by atoms with Gasteiger partial charge in [0.2, 0.25) is 0 Å².